The first-order chi connectivity index (χ1) is 19.5. The van der Waals surface area contributed by atoms with Gasteiger partial charge in [0.1, 0.15) is 12.7 Å². The molecule has 0 bridgehead atoms. The van der Waals surface area contributed by atoms with E-state index in [0.29, 0.717) is 29.2 Å². The first-order valence-corrected chi connectivity index (χ1v) is 15.6. The molecule has 2 aliphatic rings. The Balaban J connectivity index is 1.67. The molecule has 2 aliphatic heterocycles. The summed E-state index contributed by atoms with van der Waals surface area (Å²) >= 11 is 0. The fourth-order valence-electron chi connectivity index (χ4n) is 5.73. The maximum Gasteiger partial charge on any atom is 0.308 e. The highest BCUT2D eigenvalue weighted by atomic mass is 32.2. The third kappa shape index (κ3) is 7.34. The number of nitrogens with one attached hydrogen (secondary N) is 1. The van der Waals surface area contributed by atoms with Gasteiger partial charge in [-0.15, -0.1) is 0 Å². The number of fused-ring (bicyclic) bond motifs is 1. The van der Waals surface area contributed by atoms with Gasteiger partial charge in [0.05, 0.1) is 25.3 Å². The second kappa shape index (κ2) is 13.1. The van der Waals surface area contributed by atoms with Crippen LogP contribution in [0.1, 0.15) is 43.2 Å². The number of pyridine rings is 1. The van der Waals surface area contributed by atoms with E-state index in [4.69, 9.17) is 9.47 Å². The van der Waals surface area contributed by atoms with Gasteiger partial charge in [0, 0.05) is 43.2 Å². The quantitative estimate of drug-likeness (QED) is 0.290. The summed E-state index contributed by atoms with van der Waals surface area (Å²) < 4.78 is 38.9. The van der Waals surface area contributed by atoms with Crippen LogP contribution >= 0.6 is 0 Å². The van der Waals surface area contributed by atoms with Crippen molar-refractivity contribution in [2.45, 2.75) is 44.8 Å². The van der Waals surface area contributed by atoms with Gasteiger partial charge in [-0.25, -0.2) is 17.7 Å². The van der Waals surface area contributed by atoms with E-state index in [1.165, 1.54) is 0 Å². The molecule has 2 aromatic rings. The highest BCUT2D eigenvalue weighted by Gasteiger charge is 2.47. The van der Waals surface area contributed by atoms with E-state index in [-0.39, 0.29) is 45.4 Å². The van der Waals surface area contributed by atoms with Gasteiger partial charge in [-0.1, -0.05) is 13.3 Å². The highest BCUT2D eigenvalue weighted by Crippen LogP contribution is 2.44. The van der Waals surface area contributed by atoms with Crippen molar-refractivity contribution >= 4 is 27.6 Å². The van der Waals surface area contributed by atoms with E-state index >= 15 is 0 Å². The first kappa shape index (κ1) is 30.7. The summed E-state index contributed by atoms with van der Waals surface area (Å²) in [6.45, 7) is 2.50. The molecule has 4 rings (SSSR count). The van der Waals surface area contributed by atoms with E-state index < -0.39 is 33.9 Å². The molecule has 0 aliphatic carbocycles. The summed E-state index contributed by atoms with van der Waals surface area (Å²) in [4.78, 5) is 30.1. The molecule has 12 nitrogen and oxygen atoms in total. The summed E-state index contributed by atoms with van der Waals surface area (Å²) in [6.07, 6.45) is 6.69. The number of aliphatic carboxylic acids is 1. The topological polar surface area (TPSA) is 150 Å². The molecule has 13 heteroatoms. The monoisotopic (exact) mass is 591 g/mol. The van der Waals surface area contributed by atoms with Crippen LogP contribution in [0.15, 0.2) is 36.7 Å². The van der Waals surface area contributed by atoms with Gasteiger partial charge in [-0.2, -0.15) is 0 Å². The van der Waals surface area contributed by atoms with Crippen LogP contribution in [0.2, 0.25) is 0 Å². The summed E-state index contributed by atoms with van der Waals surface area (Å²) in [5.41, 5.74) is 1.89. The zero-order valence-corrected chi connectivity index (χ0v) is 24.5. The molecule has 1 fully saturated rings. The summed E-state index contributed by atoms with van der Waals surface area (Å²) in [5, 5.41) is 20.4. The van der Waals surface area contributed by atoms with E-state index in [1.807, 2.05) is 48.0 Å². The Kier molecular flexibility index (Phi) is 9.84. The number of sulfonamides is 1. The Hall–Kier alpha value is -3.26. The molecule has 3 heterocycles. The Labute approximate surface area is 240 Å². The fraction of sp³-hybridized carbons (Fsp3) is 0.536. The molecule has 41 heavy (non-hydrogen) atoms. The minimum absolute atomic E-state index is 0.00403. The van der Waals surface area contributed by atoms with Gasteiger partial charge in [-0.3, -0.25) is 14.5 Å². The molecule has 0 saturated carbocycles. The van der Waals surface area contributed by atoms with Crippen molar-refractivity contribution in [3.63, 3.8) is 0 Å². The number of carboxylic acid groups (broad SMARTS) is 1. The summed E-state index contributed by atoms with van der Waals surface area (Å²) in [7, 11) is -1.61. The zero-order valence-electron chi connectivity index (χ0n) is 23.7. The average Bonchev–Trinajstić information content (AvgIpc) is 3.52. The van der Waals surface area contributed by atoms with Gasteiger partial charge in [-0.05, 0) is 36.6 Å². The van der Waals surface area contributed by atoms with Gasteiger partial charge >= 0.3 is 5.97 Å². The molecule has 1 saturated heterocycles. The Bertz CT molecular complexity index is 1370. The van der Waals surface area contributed by atoms with Crippen molar-refractivity contribution in [3.8, 4) is 11.5 Å². The van der Waals surface area contributed by atoms with Crippen molar-refractivity contribution in [2.24, 2.45) is 13.0 Å². The number of benzene rings is 1. The van der Waals surface area contributed by atoms with Crippen LogP contribution in [0.25, 0.3) is 0 Å². The molecule has 0 spiro atoms. The zero-order chi connectivity index (χ0) is 29.7. The lowest BCUT2D eigenvalue weighted by Gasteiger charge is -2.29. The van der Waals surface area contributed by atoms with Crippen LogP contribution in [0.4, 0.5) is 5.69 Å². The van der Waals surface area contributed by atoms with Crippen molar-refractivity contribution in [3.05, 3.63) is 47.8 Å². The standard InChI is InChI=1S/C28H38N4O8S/c1-4-5-11-32(21-7-6-10-30(2)14-21)25(34)16-31-15-22(19-12-20(17-33)27-24(13-19)39-18-40-27)26(28(35)36)23(31)8-9-29-41(3,37)38/h6-7,10,12-14,22-23,26,29,33H,4-5,8-9,11,15-18H2,1-3H3/p+1/t22-,23+,26-/m1/s1. The van der Waals surface area contributed by atoms with E-state index in [1.54, 1.807) is 17.0 Å². The third-order valence-corrected chi connectivity index (χ3v) is 8.35. The SMILES string of the molecule is CCCCN(C(=O)CN1C[C@H](c2cc(CO)c3c(c2)OCO3)[C@@H](C(=O)O)[C@@H]1CCNS(C)(=O)=O)c1ccc[n+](C)c1. The number of nitrogens with zero attached hydrogens (tertiary/aromatic N) is 3. The number of carboxylic acids is 1. The number of likely N-dealkylation sites (tertiary alicyclic amines) is 1. The minimum atomic E-state index is -3.49. The normalized spacial score (nSPS) is 20.3. The second-order valence-electron chi connectivity index (χ2n) is 10.6. The van der Waals surface area contributed by atoms with Crippen molar-refractivity contribution in [2.75, 3.05) is 44.1 Å². The Morgan fingerprint density at radius 2 is 2.05 bits per heavy atom. The number of aliphatic hydroxyl groups is 1. The van der Waals surface area contributed by atoms with Crippen molar-refractivity contribution in [1.29, 1.82) is 0 Å². The van der Waals surface area contributed by atoms with Crippen LogP contribution in [-0.4, -0.2) is 80.7 Å². The van der Waals surface area contributed by atoms with E-state index in [2.05, 4.69) is 4.72 Å². The summed E-state index contributed by atoms with van der Waals surface area (Å²) in [5.74, 6) is -1.82. The lowest BCUT2D eigenvalue weighted by atomic mass is 9.83. The first-order valence-electron chi connectivity index (χ1n) is 13.7. The number of aliphatic hydroxyl groups excluding tert-OH is 1. The number of anilines is 1. The largest absolute Gasteiger partial charge is 0.481 e. The lowest BCUT2D eigenvalue weighted by Crippen LogP contribution is -2.46. The number of amides is 1. The van der Waals surface area contributed by atoms with Gasteiger partial charge in [0.15, 0.2) is 23.9 Å². The number of unbranched alkanes of at least 4 members (excludes halogenated alkanes) is 1. The Morgan fingerprint density at radius 3 is 2.71 bits per heavy atom. The van der Waals surface area contributed by atoms with Crippen molar-refractivity contribution in [1.82, 2.24) is 9.62 Å². The van der Waals surface area contributed by atoms with Crippen LogP contribution in [0.3, 0.4) is 0 Å². The number of rotatable bonds is 13. The number of aryl methyl sites for hydroxylation is 1. The summed E-state index contributed by atoms with van der Waals surface area (Å²) in [6, 6.07) is 6.57. The second-order valence-corrected chi connectivity index (χ2v) is 12.5. The van der Waals surface area contributed by atoms with Gasteiger partial charge in [0.25, 0.3) is 0 Å². The van der Waals surface area contributed by atoms with E-state index in [9.17, 15) is 28.2 Å². The predicted molar refractivity (Wildman–Crippen MR) is 150 cm³/mol. The fourth-order valence-corrected chi connectivity index (χ4v) is 6.21. The molecule has 3 N–H and O–H groups in total. The number of ether oxygens (including phenoxy) is 2. The number of hydrogen-bond acceptors (Lipinski definition) is 8. The average molecular weight is 592 g/mol. The molecule has 1 aromatic carbocycles. The lowest BCUT2D eigenvalue weighted by molar-refractivity contribution is -0.670. The predicted octanol–water partition coefficient (Wildman–Crippen LogP) is 0.973. The number of carbonyl (C=O) groups is 2. The van der Waals surface area contributed by atoms with E-state index in [0.717, 1.165) is 24.8 Å². The third-order valence-electron chi connectivity index (χ3n) is 7.62. The molecular weight excluding hydrogens is 552 g/mol. The van der Waals surface area contributed by atoms with Crippen molar-refractivity contribution < 1.29 is 42.3 Å². The molecule has 224 valence electrons. The van der Waals surface area contributed by atoms with Crippen LogP contribution in [0.5, 0.6) is 11.5 Å². The van der Waals surface area contributed by atoms with Crippen LogP contribution in [-0.2, 0) is 33.3 Å². The maximum atomic E-state index is 13.8. The molecular formula is C28H39N4O8S+. The van der Waals surface area contributed by atoms with Crippen LogP contribution in [0, 0.1) is 5.92 Å². The highest BCUT2D eigenvalue weighted by molar-refractivity contribution is 7.88. The van der Waals surface area contributed by atoms with Gasteiger partial charge in [0.2, 0.25) is 22.7 Å². The Morgan fingerprint density at radius 1 is 1.27 bits per heavy atom. The van der Waals surface area contributed by atoms with Crippen LogP contribution < -0.4 is 23.7 Å². The smallest absolute Gasteiger partial charge is 0.308 e. The van der Waals surface area contributed by atoms with Gasteiger partial charge < -0.3 is 24.6 Å². The molecule has 1 aromatic heterocycles. The maximum absolute atomic E-state index is 13.8. The number of aromatic nitrogens is 1. The molecule has 0 radical (unpaired) electrons. The number of hydrogen-bond donors (Lipinski definition) is 3. The molecule has 0 unspecified atom stereocenters. The molecule has 1 amide bonds. The molecule has 3 atom stereocenters. The number of carbonyl (C=O) groups excluding carboxylic acids is 1. The minimum Gasteiger partial charge on any atom is -0.481 e.